The molecule has 18 heavy (non-hydrogen) atoms. The second kappa shape index (κ2) is 4.46. The van der Waals surface area contributed by atoms with Crippen molar-refractivity contribution in [2.45, 2.75) is 13.0 Å². The summed E-state index contributed by atoms with van der Waals surface area (Å²) in [6.07, 6.45) is 1.01. The average molecular weight is 245 g/mol. The normalized spacial score (nSPS) is 19.4. The first kappa shape index (κ1) is 11.3. The maximum atomic E-state index is 11.3. The molecule has 3 rings (SSSR count). The molecular weight excluding hydrogens is 230 g/mol. The highest BCUT2D eigenvalue weighted by molar-refractivity contribution is 5.94. The molecule has 1 unspecified atom stereocenters. The molecular formula is C14H15NO3. The van der Waals surface area contributed by atoms with E-state index in [0.717, 1.165) is 37.1 Å². The van der Waals surface area contributed by atoms with Crippen molar-refractivity contribution in [1.82, 2.24) is 4.57 Å². The third-order valence-corrected chi connectivity index (χ3v) is 3.49. The molecule has 1 atom stereocenters. The van der Waals surface area contributed by atoms with Gasteiger partial charge in [-0.05, 0) is 18.6 Å². The molecule has 0 amide bonds. The molecule has 2 aromatic rings. The minimum atomic E-state index is -0.870. The second-order valence-corrected chi connectivity index (χ2v) is 4.73. The molecule has 1 saturated heterocycles. The number of nitrogens with zero attached hydrogens (tertiary/aromatic N) is 1. The van der Waals surface area contributed by atoms with Gasteiger partial charge in [0.2, 0.25) is 0 Å². The highest BCUT2D eigenvalue weighted by Crippen LogP contribution is 2.23. The third kappa shape index (κ3) is 1.88. The van der Waals surface area contributed by atoms with Gasteiger partial charge in [-0.25, -0.2) is 4.79 Å². The molecule has 2 heterocycles. The molecule has 94 valence electrons. The summed E-state index contributed by atoms with van der Waals surface area (Å²) in [5.41, 5.74) is 1.35. The molecule has 1 aliphatic heterocycles. The molecule has 0 spiro atoms. The van der Waals surface area contributed by atoms with E-state index in [9.17, 15) is 9.90 Å². The average Bonchev–Trinajstić information content (AvgIpc) is 2.98. The monoisotopic (exact) mass is 245 g/mol. The summed E-state index contributed by atoms with van der Waals surface area (Å²) in [7, 11) is 0. The molecule has 1 fully saturated rings. The van der Waals surface area contributed by atoms with Crippen molar-refractivity contribution in [1.29, 1.82) is 0 Å². The number of ether oxygens (including phenoxy) is 1. The zero-order chi connectivity index (χ0) is 12.5. The minimum Gasteiger partial charge on any atom is -0.477 e. The van der Waals surface area contributed by atoms with Gasteiger partial charge in [0, 0.05) is 30.0 Å². The zero-order valence-electron chi connectivity index (χ0n) is 10.0. The summed E-state index contributed by atoms with van der Waals surface area (Å²) in [5.74, 6) is -0.455. The van der Waals surface area contributed by atoms with Gasteiger partial charge in [-0.2, -0.15) is 0 Å². The summed E-state index contributed by atoms with van der Waals surface area (Å²) in [4.78, 5) is 11.3. The maximum absolute atomic E-state index is 11.3. The fourth-order valence-corrected chi connectivity index (χ4v) is 2.57. The summed E-state index contributed by atoms with van der Waals surface area (Å²) in [5, 5.41) is 10.3. The number of hydrogen-bond acceptors (Lipinski definition) is 2. The molecule has 0 radical (unpaired) electrons. The van der Waals surface area contributed by atoms with Gasteiger partial charge in [0.1, 0.15) is 5.69 Å². The number of benzene rings is 1. The van der Waals surface area contributed by atoms with Gasteiger partial charge < -0.3 is 14.4 Å². The highest BCUT2D eigenvalue weighted by Gasteiger charge is 2.21. The third-order valence-electron chi connectivity index (χ3n) is 3.49. The highest BCUT2D eigenvalue weighted by atomic mass is 16.5. The Morgan fingerprint density at radius 2 is 2.28 bits per heavy atom. The Kier molecular flexibility index (Phi) is 2.80. The first-order valence-corrected chi connectivity index (χ1v) is 6.15. The number of carboxylic acids is 1. The Balaban J connectivity index is 2.05. The Labute approximate surface area is 105 Å². The van der Waals surface area contributed by atoms with Crippen molar-refractivity contribution in [3.63, 3.8) is 0 Å². The van der Waals surface area contributed by atoms with Gasteiger partial charge in [-0.15, -0.1) is 0 Å². The number of para-hydroxylation sites is 1. The van der Waals surface area contributed by atoms with Crippen LogP contribution in [0.4, 0.5) is 0 Å². The molecule has 4 nitrogen and oxygen atoms in total. The molecule has 1 N–H and O–H groups in total. The molecule has 1 aromatic carbocycles. The molecule has 0 bridgehead atoms. The van der Waals surface area contributed by atoms with Crippen LogP contribution in [0, 0.1) is 5.92 Å². The van der Waals surface area contributed by atoms with E-state index in [1.54, 1.807) is 6.07 Å². The summed E-state index contributed by atoms with van der Waals surface area (Å²) in [6, 6.07) is 9.53. The maximum Gasteiger partial charge on any atom is 0.352 e. The number of carboxylic acid groups (broad SMARTS) is 1. The predicted octanol–water partition coefficient (Wildman–Crippen LogP) is 2.38. The molecule has 1 aliphatic rings. The van der Waals surface area contributed by atoms with Crippen LogP contribution in [-0.2, 0) is 11.3 Å². The lowest BCUT2D eigenvalue weighted by molar-refractivity contribution is 0.0684. The van der Waals surface area contributed by atoms with Crippen LogP contribution in [0.3, 0.4) is 0 Å². The van der Waals surface area contributed by atoms with E-state index in [-0.39, 0.29) is 0 Å². The van der Waals surface area contributed by atoms with Gasteiger partial charge in [-0.1, -0.05) is 18.2 Å². The van der Waals surface area contributed by atoms with E-state index in [4.69, 9.17) is 4.74 Å². The molecule has 0 saturated carbocycles. The van der Waals surface area contributed by atoms with Crippen LogP contribution < -0.4 is 0 Å². The van der Waals surface area contributed by atoms with Gasteiger partial charge in [0.05, 0.1) is 6.61 Å². The molecule has 0 aliphatic carbocycles. The molecule has 1 aromatic heterocycles. The lowest BCUT2D eigenvalue weighted by Gasteiger charge is -2.12. The van der Waals surface area contributed by atoms with Crippen LogP contribution >= 0.6 is 0 Å². The van der Waals surface area contributed by atoms with E-state index in [2.05, 4.69) is 0 Å². The lowest BCUT2D eigenvalue weighted by atomic mass is 10.1. The van der Waals surface area contributed by atoms with Crippen molar-refractivity contribution in [2.24, 2.45) is 5.92 Å². The second-order valence-electron chi connectivity index (χ2n) is 4.73. The van der Waals surface area contributed by atoms with Gasteiger partial charge in [0.25, 0.3) is 0 Å². The van der Waals surface area contributed by atoms with E-state index in [1.165, 1.54) is 0 Å². The Morgan fingerprint density at radius 3 is 3.00 bits per heavy atom. The first-order chi connectivity index (χ1) is 8.75. The largest absolute Gasteiger partial charge is 0.477 e. The van der Waals surface area contributed by atoms with E-state index >= 15 is 0 Å². The van der Waals surface area contributed by atoms with Crippen molar-refractivity contribution >= 4 is 16.9 Å². The standard InChI is InChI=1S/C14H15NO3/c16-14(17)13-7-11-3-1-2-4-12(11)15(13)8-10-5-6-18-9-10/h1-4,7,10H,5-6,8-9H2,(H,16,17). The van der Waals surface area contributed by atoms with Crippen LogP contribution in [0.1, 0.15) is 16.9 Å². The Hall–Kier alpha value is -1.81. The summed E-state index contributed by atoms with van der Waals surface area (Å²) >= 11 is 0. The van der Waals surface area contributed by atoms with E-state index in [0.29, 0.717) is 11.6 Å². The van der Waals surface area contributed by atoms with Gasteiger partial charge in [0.15, 0.2) is 0 Å². The van der Waals surface area contributed by atoms with Crippen molar-refractivity contribution in [3.05, 3.63) is 36.0 Å². The summed E-state index contributed by atoms with van der Waals surface area (Å²) in [6.45, 7) is 2.23. The van der Waals surface area contributed by atoms with Crippen molar-refractivity contribution < 1.29 is 14.6 Å². The predicted molar refractivity (Wildman–Crippen MR) is 67.8 cm³/mol. The van der Waals surface area contributed by atoms with Crippen molar-refractivity contribution in [3.8, 4) is 0 Å². The fraction of sp³-hybridized carbons (Fsp3) is 0.357. The number of fused-ring (bicyclic) bond motifs is 1. The van der Waals surface area contributed by atoms with E-state index < -0.39 is 5.97 Å². The number of rotatable bonds is 3. The van der Waals surface area contributed by atoms with E-state index in [1.807, 2.05) is 28.8 Å². The van der Waals surface area contributed by atoms with Crippen LogP contribution in [0.5, 0.6) is 0 Å². The van der Waals surface area contributed by atoms with Crippen LogP contribution in [-0.4, -0.2) is 28.9 Å². The van der Waals surface area contributed by atoms with Crippen LogP contribution in [0.25, 0.3) is 10.9 Å². The fourth-order valence-electron chi connectivity index (χ4n) is 2.57. The Morgan fingerprint density at radius 1 is 1.44 bits per heavy atom. The van der Waals surface area contributed by atoms with Crippen LogP contribution in [0.2, 0.25) is 0 Å². The number of aromatic carboxylic acids is 1. The van der Waals surface area contributed by atoms with Gasteiger partial charge in [-0.3, -0.25) is 0 Å². The SMILES string of the molecule is O=C(O)c1cc2ccccc2n1CC1CCOC1. The van der Waals surface area contributed by atoms with Crippen molar-refractivity contribution in [2.75, 3.05) is 13.2 Å². The van der Waals surface area contributed by atoms with Crippen LogP contribution in [0.15, 0.2) is 30.3 Å². The zero-order valence-corrected chi connectivity index (χ0v) is 10.0. The smallest absolute Gasteiger partial charge is 0.352 e. The summed E-state index contributed by atoms with van der Waals surface area (Å²) < 4.78 is 7.26. The number of aromatic nitrogens is 1. The first-order valence-electron chi connectivity index (χ1n) is 6.15. The molecule has 4 heteroatoms. The minimum absolute atomic E-state index is 0.364. The van der Waals surface area contributed by atoms with Gasteiger partial charge >= 0.3 is 5.97 Å². The topological polar surface area (TPSA) is 51.5 Å². The number of hydrogen-bond donors (Lipinski definition) is 1. The number of carbonyl (C=O) groups is 1. The lowest BCUT2D eigenvalue weighted by Crippen LogP contribution is -2.15. The quantitative estimate of drug-likeness (QED) is 0.903. The Bertz CT molecular complexity index is 582.